The number of benzene rings is 2. The van der Waals surface area contributed by atoms with E-state index in [1.165, 1.54) is 31.2 Å². The van der Waals surface area contributed by atoms with E-state index in [0.29, 0.717) is 10.7 Å². The molecule has 0 unspecified atom stereocenters. The molecule has 1 N–H and O–H groups in total. The van der Waals surface area contributed by atoms with Gasteiger partial charge in [-0.3, -0.25) is 4.79 Å². The van der Waals surface area contributed by atoms with Crippen molar-refractivity contribution in [3.63, 3.8) is 0 Å². The molecule has 1 amide bonds. The molecule has 2 rings (SSSR count). The molecule has 0 aromatic heterocycles. The second kappa shape index (κ2) is 7.01. The number of halogens is 3. The average molecular weight is 359 g/mol. The predicted octanol–water partition coefficient (Wildman–Crippen LogP) is 4.82. The molecule has 0 fully saturated rings. The van der Waals surface area contributed by atoms with E-state index in [9.17, 15) is 9.59 Å². The summed E-state index contributed by atoms with van der Waals surface area (Å²) in [5.74, 6) is -0.778. The Labute approximate surface area is 141 Å². The first kappa shape index (κ1) is 16.6. The first-order valence-electron chi connectivity index (χ1n) is 6.11. The number of rotatable bonds is 3. The van der Waals surface area contributed by atoms with Crippen LogP contribution >= 0.6 is 34.8 Å². The fraction of sp³-hybridized carbons (Fsp3) is 0.0667. The smallest absolute Gasteiger partial charge is 0.343 e. The Morgan fingerprint density at radius 2 is 1.55 bits per heavy atom. The average Bonchev–Trinajstić information content (AvgIpc) is 2.42. The van der Waals surface area contributed by atoms with Crippen LogP contribution in [-0.2, 0) is 4.79 Å². The molecule has 0 saturated heterocycles. The molecule has 22 heavy (non-hydrogen) atoms. The second-order valence-corrected chi connectivity index (χ2v) is 5.60. The van der Waals surface area contributed by atoms with E-state index in [1.807, 2.05) is 0 Å². The molecule has 0 radical (unpaired) electrons. The molecule has 7 heteroatoms. The predicted molar refractivity (Wildman–Crippen MR) is 87.2 cm³/mol. The van der Waals surface area contributed by atoms with Gasteiger partial charge >= 0.3 is 5.97 Å². The van der Waals surface area contributed by atoms with Crippen LogP contribution in [0.5, 0.6) is 5.75 Å². The Hall–Kier alpha value is -1.75. The molecular weight excluding hydrogens is 349 g/mol. The first-order valence-corrected chi connectivity index (χ1v) is 7.24. The van der Waals surface area contributed by atoms with Gasteiger partial charge in [0, 0.05) is 17.6 Å². The monoisotopic (exact) mass is 357 g/mol. The van der Waals surface area contributed by atoms with Crippen molar-refractivity contribution in [3.8, 4) is 5.75 Å². The molecule has 0 spiro atoms. The van der Waals surface area contributed by atoms with E-state index in [4.69, 9.17) is 39.5 Å². The van der Waals surface area contributed by atoms with Gasteiger partial charge in [0.1, 0.15) is 0 Å². The van der Waals surface area contributed by atoms with Crippen LogP contribution < -0.4 is 10.1 Å². The summed E-state index contributed by atoms with van der Waals surface area (Å²) in [6.45, 7) is 1.40. The number of anilines is 1. The quantitative estimate of drug-likeness (QED) is 0.632. The summed E-state index contributed by atoms with van der Waals surface area (Å²) < 4.78 is 5.19. The summed E-state index contributed by atoms with van der Waals surface area (Å²) in [5, 5.41) is 3.22. The summed E-state index contributed by atoms with van der Waals surface area (Å²) in [4.78, 5) is 23.0. The van der Waals surface area contributed by atoms with E-state index < -0.39 is 5.97 Å². The number of hydrogen-bond donors (Lipinski definition) is 1. The van der Waals surface area contributed by atoms with Gasteiger partial charge in [0.2, 0.25) is 5.91 Å². The Kier molecular flexibility index (Phi) is 5.29. The first-order chi connectivity index (χ1) is 10.4. The Morgan fingerprint density at radius 1 is 1.00 bits per heavy atom. The van der Waals surface area contributed by atoms with Crippen molar-refractivity contribution in [1.29, 1.82) is 0 Å². The molecule has 4 nitrogen and oxygen atoms in total. The third kappa shape index (κ3) is 4.13. The Bertz CT molecular complexity index is 706. The zero-order valence-electron chi connectivity index (χ0n) is 11.3. The summed E-state index contributed by atoms with van der Waals surface area (Å²) in [7, 11) is 0. The maximum absolute atomic E-state index is 12.1. The van der Waals surface area contributed by atoms with Crippen LogP contribution in [0.15, 0.2) is 36.4 Å². The van der Waals surface area contributed by atoms with Crippen LogP contribution in [0.25, 0.3) is 0 Å². The molecule has 0 aliphatic heterocycles. The van der Waals surface area contributed by atoms with E-state index >= 15 is 0 Å². The zero-order chi connectivity index (χ0) is 16.3. The van der Waals surface area contributed by atoms with Crippen LogP contribution in [0.4, 0.5) is 5.69 Å². The van der Waals surface area contributed by atoms with Crippen molar-refractivity contribution >= 4 is 52.4 Å². The highest BCUT2D eigenvalue weighted by atomic mass is 35.5. The number of carbonyl (C=O) groups is 2. The SMILES string of the molecule is CC(=O)Nc1ccc(C(=O)Oc2c(Cl)cc(Cl)cc2Cl)cc1. The molecule has 2 aromatic rings. The maximum atomic E-state index is 12.1. The van der Waals surface area contributed by atoms with Crippen LogP contribution in [0.2, 0.25) is 15.1 Å². The highest BCUT2D eigenvalue weighted by Crippen LogP contribution is 2.36. The van der Waals surface area contributed by atoms with Gasteiger partial charge in [-0.2, -0.15) is 0 Å². The van der Waals surface area contributed by atoms with Crippen LogP contribution in [0, 0.1) is 0 Å². The van der Waals surface area contributed by atoms with E-state index in [1.54, 1.807) is 12.1 Å². The van der Waals surface area contributed by atoms with Gasteiger partial charge in [-0.05, 0) is 36.4 Å². The molecule has 0 bridgehead atoms. The van der Waals surface area contributed by atoms with Crippen molar-refractivity contribution in [2.45, 2.75) is 6.92 Å². The molecule has 0 aliphatic rings. The third-order valence-corrected chi connectivity index (χ3v) is 3.38. The van der Waals surface area contributed by atoms with Crippen LogP contribution in [0.3, 0.4) is 0 Å². The highest BCUT2D eigenvalue weighted by molar-refractivity contribution is 6.40. The van der Waals surface area contributed by atoms with Crippen molar-refractivity contribution < 1.29 is 14.3 Å². The molecule has 0 aliphatic carbocycles. The zero-order valence-corrected chi connectivity index (χ0v) is 13.6. The van der Waals surface area contributed by atoms with Gasteiger partial charge in [0.15, 0.2) is 5.75 Å². The number of hydrogen-bond acceptors (Lipinski definition) is 3. The number of nitrogens with one attached hydrogen (secondary N) is 1. The molecule has 2 aromatic carbocycles. The van der Waals surface area contributed by atoms with Gasteiger partial charge in [-0.15, -0.1) is 0 Å². The molecule has 114 valence electrons. The fourth-order valence-electron chi connectivity index (χ4n) is 1.67. The number of carbonyl (C=O) groups excluding carboxylic acids is 2. The standard InChI is InChI=1S/C15H10Cl3NO3/c1-8(20)19-11-4-2-9(3-5-11)15(21)22-14-12(17)6-10(16)7-13(14)18/h2-7H,1H3,(H,19,20). The number of ether oxygens (including phenoxy) is 1. The van der Waals surface area contributed by atoms with Gasteiger partial charge in [-0.1, -0.05) is 34.8 Å². The Balaban J connectivity index is 2.17. The molecule has 0 saturated carbocycles. The number of amides is 1. The summed E-state index contributed by atoms with van der Waals surface area (Å²) in [6.07, 6.45) is 0. The van der Waals surface area contributed by atoms with Crippen molar-refractivity contribution in [2.75, 3.05) is 5.32 Å². The topological polar surface area (TPSA) is 55.4 Å². The molecule has 0 atom stereocenters. The van der Waals surface area contributed by atoms with Gasteiger partial charge < -0.3 is 10.1 Å². The minimum atomic E-state index is -0.625. The van der Waals surface area contributed by atoms with E-state index in [-0.39, 0.29) is 27.3 Å². The summed E-state index contributed by atoms with van der Waals surface area (Å²) in [5.41, 5.74) is 0.864. The Morgan fingerprint density at radius 3 is 2.05 bits per heavy atom. The second-order valence-electron chi connectivity index (χ2n) is 4.35. The minimum absolute atomic E-state index is 0.0451. The van der Waals surface area contributed by atoms with Crippen molar-refractivity contribution in [3.05, 3.63) is 57.0 Å². The van der Waals surface area contributed by atoms with Crippen molar-refractivity contribution in [2.24, 2.45) is 0 Å². The largest absolute Gasteiger partial charge is 0.420 e. The van der Waals surface area contributed by atoms with Gasteiger partial charge in [-0.25, -0.2) is 4.79 Å². The maximum Gasteiger partial charge on any atom is 0.343 e. The molecule has 0 heterocycles. The normalized spacial score (nSPS) is 10.2. The van der Waals surface area contributed by atoms with E-state index in [2.05, 4.69) is 5.32 Å². The number of esters is 1. The molecular formula is C15H10Cl3NO3. The van der Waals surface area contributed by atoms with Crippen LogP contribution in [-0.4, -0.2) is 11.9 Å². The van der Waals surface area contributed by atoms with Crippen LogP contribution in [0.1, 0.15) is 17.3 Å². The highest BCUT2D eigenvalue weighted by Gasteiger charge is 2.15. The summed E-state index contributed by atoms with van der Waals surface area (Å²) >= 11 is 17.7. The summed E-state index contributed by atoms with van der Waals surface area (Å²) in [6, 6.07) is 9.07. The fourth-order valence-corrected chi connectivity index (χ4v) is 2.57. The lowest BCUT2D eigenvalue weighted by Crippen LogP contribution is -2.10. The van der Waals surface area contributed by atoms with Gasteiger partial charge in [0.25, 0.3) is 0 Å². The minimum Gasteiger partial charge on any atom is -0.420 e. The lowest BCUT2D eigenvalue weighted by molar-refractivity contribution is -0.114. The van der Waals surface area contributed by atoms with E-state index in [0.717, 1.165) is 0 Å². The van der Waals surface area contributed by atoms with Gasteiger partial charge in [0.05, 0.1) is 15.6 Å². The lowest BCUT2D eigenvalue weighted by atomic mass is 10.2. The third-order valence-electron chi connectivity index (χ3n) is 2.60. The van der Waals surface area contributed by atoms with Crippen molar-refractivity contribution in [1.82, 2.24) is 0 Å². The lowest BCUT2D eigenvalue weighted by Gasteiger charge is -2.09.